The number of amides is 2. The van der Waals surface area contributed by atoms with Crippen LogP contribution in [0.4, 0.5) is 10.5 Å². The lowest BCUT2D eigenvalue weighted by atomic mass is 9.85. The number of anilines is 1. The number of para-hydroxylation sites is 2. The Morgan fingerprint density at radius 1 is 1.23 bits per heavy atom. The Morgan fingerprint density at radius 2 is 1.92 bits per heavy atom. The number of ether oxygens (including phenoxy) is 2. The normalized spacial score (nSPS) is 19.7. The van der Waals surface area contributed by atoms with Crippen LogP contribution in [0.1, 0.15) is 20.8 Å². The van der Waals surface area contributed by atoms with E-state index in [9.17, 15) is 9.59 Å². The van der Waals surface area contributed by atoms with E-state index < -0.39 is 17.4 Å². The van der Waals surface area contributed by atoms with Crippen molar-refractivity contribution >= 4 is 23.4 Å². The van der Waals surface area contributed by atoms with Crippen LogP contribution >= 0.6 is 0 Å². The lowest BCUT2D eigenvalue weighted by molar-refractivity contribution is -0.124. The zero-order chi connectivity index (χ0) is 19.1. The molecule has 26 heavy (non-hydrogen) atoms. The van der Waals surface area contributed by atoms with Crippen molar-refractivity contribution in [2.75, 3.05) is 19.1 Å². The van der Waals surface area contributed by atoms with E-state index in [1.165, 1.54) is 7.11 Å². The minimum atomic E-state index is -0.811. The van der Waals surface area contributed by atoms with Gasteiger partial charge in [-0.25, -0.2) is 4.79 Å². The second-order valence-corrected chi connectivity index (χ2v) is 7.00. The van der Waals surface area contributed by atoms with Crippen LogP contribution in [0.2, 0.25) is 0 Å². The standard InChI is InChI=1S/C19H21N3O4/c1-19(2,3)16-12(17(23)22(20-16)18(24)25-5)10-11-15-21(4)13-8-6-7-9-14(13)26-15/h6-11H,1-5H3/b12-10+,15-11+. The van der Waals surface area contributed by atoms with Gasteiger partial charge in [0.2, 0.25) is 0 Å². The molecule has 0 fully saturated rings. The summed E-state index contributed by atoms with van der Waals surface area (Å²) < 4.78 is 10.5. The third-order valence-corrected chi connectivity index (χ3v) is 4.10. The van der Waals surface area contributed by atoms with Crippen LogP contribution in [0.15, 0.2) is 53.0 Å². The van der Waals surface area contributed by atoms with E-state index in [2.05, 4.69) is 9.84 Å². The van der Waals surface area contributed by atoms with E-state index in [0.717, 1.165) is 16.4 Å². The molecule has 0 aromatic heterocycles. The van der Waals surface area contributed by atoms with Gasteiger partial charge in [0.15, 0.2) is 11.6 Å². The average molecular weight is 355 g/mol. The van der Waals surface area contributed by atoms with Crippen LogP contribution in [0.25, 0.3) is 0 Å². The molecule has 2 amide bonds. The maximum absolute atomic E-state index is 12.6. The molecule has 0 aliphatic carbocycles. The van der Waals surface area contributed by atoms with Crippen LogP contribution in [-0.2, 0) is 9.53 Å². The van der Waals surface area contributed by atoms with Gasteiger partial charge in [-0.15, -0.1) is 5.01 Å². The fourth-order valence-corrected chi connectivity index (χ4v) is 2.75. The van der Waals surface area contributed by atoms with Crippen LogP contribution in [-0.4, -0.2) is 36.9 Å². The second-order valence-electron chi connectivity index (χ2n) is 7.00. The summed E-state index contributed by atoms with van der Waals surface area (Å²) in [6.45, 7) is 5.78. The molecule has 2 aliphatic rings. The molecule has 0 saturated carbocycles. The fraction of sp³-hybridized carbons (Fsp3) is 0.316. The molecule has 2 heterocycles. The van der Waals surface area contributed by atoms with Crippen LogP contribution in [0, 0.1) is 5.41 Å². The Hall–Kier alpha value is -3.09. The predicted molar refractivity (Wildman–Crippen MR) is 97.8 cm³/mol. The number of benzene rings is 1. The molecule has 0 radical (unpaired) electrons. The molecule has 0 spiro atoms. The van der Waals surface area contributed by atoms with Gasteiger partial charge in [0.25, 0.3) is 5.91 Å². The molecule has 0 atom stereocenters. The van der Waals surface area contributed by atoms with Crippen LogP contribution < -0.4 is 9.64 Å². The third-order valence-electron chi connectivity index (χ3n) is 4.10. The van der Waals surface area contributed by atoms with Crippen molar-refractivity contribution < 1.29 is 19.1 Å². The monoisotopic (exact) mass is 355 g/mol. The van der Waals surface area contributed by atoms with E-state index in [0.29, 0.717) is 17.2 Å². The topological polar surface area (TPSA) is 71.4 Å². The lowest BCUT2D eigenvalue weighted by Crippen LogP contribution is -2.29. The van der Waals surface area contributed by atoms with E-state index in [4.69, 9.17) is 4.74 Å². The third kappa shape index (κ3) is 2.96. The number of imide groups is 1. The van der Waals surface area contributed by atoms with Gasteiger partial charge in [-0.3, -0.25) is 4.79 Å². The summed E-state index contributed by atoms with van der Waals surface area (Å²) in [6.07, 6.45) is 2.52. The maximum atomic E-state index is 12.6. The van der Waals surface area contributed by atoms with Gasteiger partial charge < -0.3 is 14.4 Å². The highest BCUT2D eigenvalue weighted by molar-refractivity contribution is 6.29. The van der Waals surface area contributed by atoms with Crippen molar-refractivity contribution in [3.8, 4) is 5.75 Å². The van der Waals surface area contributed by atoms with Crippen molar-refractivity contribution in [1.82, 2.24) is 5.01 Å². The van der Waals surface area contributed by atoms with E-state index in [-0.39, 0.29) is 0 Å². The quantitative estimate of drug-likeness (QED) is 0.723. The lowest BCUT2D eigenvalue weighted by Gasteiger charge is -2.17. The Balaban J connectivity index is 1.96. The zero-order valence-corrected chi connectivity index (χ0v) is 15.4. The van der Waals surface area contributed by atoms with Crippen molar-refractivity contribution in [2.24, 2.45) is 10.5 Å². The van der Waals surface area contributed by atoms with Crippen molar-refractivity contribution in [3.63, 3.8) is 0 Å². The molecule has 1 aromatic rings. The van der Waals surface area contributed by atoms with Gasteiger partial charge in [0, 0.05) is 12.5 Å². The summed E-state index contributed by atoms with van der Waals surface area (Å²) in [5.74, 6) is 0.811. The minimum absolute atomic E-state index is 0.336. The number of methoxy groups -OCH3 is 1. The number of fused-ring (bicyclic) bond motifs is 1. The molecular weight excluding hydrogens is 334 g/mol. The summed E-state index contributed by atoms with van der Waals surface area (Å²) in [6, 6.07) is 7.65. The predicted octanol–water partition coefficient (Wildman–Crippen LogP) is 3.29. The molecule has 7 nitrogen and oxygen atoms in total. The van der Waals surface area contributed by atoms with Gasteiger partial charge in [0.05, 0.1) is 24.1 Å². The molecule has 1 aromatic carbocycles. The summed E-state index contributed by atoms with van der Waals surface area (Å²) in [4.78, 5) is 26.3. The molecule has 0 saturated heterocycles. The number of carbonyl (C=O) groups is 2. The van der Waals surface area contributed by atoms with Gasteiger partial charge in [0.1, 0.15) is 0 Å². The van der Waals surface area contributed by atoms with E-state index >= 15 is 0 Å². The Kier molecular flexibility index (Phi) is 4.31. The zero-order valence-electron chi connectivity index (χ0n) is 15.4. The second kappa shape index (κ2) is 6.33. The molecular formula is C19H21N3O4. The summed E-state index contributed by atoms with van der Waals surface area (Å²) in [7, 11) is 3.09. The average Bonchev–Trinajstić information content (AvgIpc) is 3.10. The highest BCUT2D eigenvalue weighted by Gasteiger charge is 2.39. The number of hydrogen-bond acceptors (Lipinski definition) is 6. The molecule has 0 unspecified atom stereocenters. The fourth-order valence-electron chi connectivity index (χ4n) is 2.75. The summed E-state index contributed by atoms with van der Waals surface area (Å²) in [5.41, 5.74) is 1.37. The first-order valence-corrected chi connectivity index (χ1v) is 8.18. The van der Waals surface area contributed by atoms with Crippen molar-refractivity contribution in [3.05, 3.63) is 47.9 Å². The Bertz CT molecular complexity index is 862. The van der Waals surface area contributed by atoms with Crippen LogP contribution in [0.3, 0.4) is 0 Å². The Labute approximate surface area is 152 Å². The number of nitrogens with zero attached hydrogens (tertiary/aromatic N) is 3. The number of carbonyl (C=O) groups excluding carboxylic acids is 2. The molecule has 7 heteroatoms. The SMILES string of the molecule is COC(=O)N1N=C(C(C)(C)C)/C(=C\C=C2\Oc3ccccc3N2C)C1=O. The molecule has 2 aliphatic heterocycles. The summed E-state index contributed by atoms with van der Waals surface area (Å²) >= 11 is 0. The minimum Gasteiger partial charge on any atom is -0.451 e. The first-order chi connectivity index (χ1) is 12.2. The number of rotatable bonds is 1. The van der Waals surface area contributed by atoms with Gasteiger partial charge in [-0.1, -0.05) is 32.9 Å². The highest BCUT2D eigenvalue weighted by atomic mass is 16.5. The smallest absolute Gasteiger partial charge is 0.437 e. The van der Waals surface area contributed by atoms with E-state index in [1.54, 1.807) is 12.2 Å². The van der Waals surface area contributed by atoms with Crippen LogP contribution in [0.5, 0.6) is 5.75 Å². The largest absolute Gasteiger partial charge is 0.451 e. The van der Waals surface area contributed by atoms with E-state index in [1.807, 2.05) is 57.0 Å². The molecule has 136 valence electrons. The molecule has 0 bridgehead atoms. The Morgan fingerprint density at radius 3 is 2.54 bits per heavy atom. The first kappa shape index (κ1) is 17.7. The first-order valence-electron chi connectivity index (χ1n) is 8.18. The van der Waals surface area contributed by atoms with Gasteiger partial charge in [-0.2, -0.15) is 5.10 Å². The number of allylic oxidation sites excluding steroid dienone is 2. The number of hydrazone groups is 1. The number of hydrogen-bond donors (Lipinski definition) is 0. The van der Waals surface area contributed by atoms with Crippen molar-refractivity contribution in [1.29, 1.82) is 0 Å². The van der Waals surface area contributed by atoms with Crippen molar-refractivity contribution in [2.45, 2.75) is 20.8 Å². The van der Waals surface area contributed by atoms with Gasteiger partial charge >= 0.3 is 6.09 Å². The molecule has 0 N–H and O–H groups in total. The maximum Gasteiger partial charge on any atom is 0.437 e. The molecule has 3 rings (SSSR count). The summed E-state index contributed by atoms with van der Waals surface area (Å²) in [5, 5.41) is 4.92. The highest BCUT2D eigenvalue weighted by Crippen LogP contribution is 2.37. The van der Waals surface area contributed by atoms with Gasteiger partial charge in [-0.05, 0) is 24.3 Å².